The fraction of sp³-hybridized carbons (Fsp3) is 0.143. The molecule has 2 aromatic rings. The Morgan fingerprint density at radius 3 is 2.62 bits per heavy atom. The lowest BCUT2D eigenvalue weighted by molar-refractivity contribution is -0.118. The van der Waals surface area contributed by atoms with Crippen molar-refractivity contribution < 1.29 is 14.0 Å². The number of furan rings is 1. The number of hydrazine groups is 1. The molecule has 1 saturated heterocycles. The van der Waals surface area contributed by atoms with Gasteiger partial charge in [0.2, 0.25) is 5.91 Å². The fourth-order valence-electron chi connectivity index (χ4n) is 1.98. The van der Waals surface area contributed by atoms with Gasteiger partial charge in [0.05, 0.1) is 6.54 Å². The number of hydrogen-bond acceptors (Lipinski definition) is 4. The highest BCUT2D eigenvalue weighted by Crippen LogP contribution is 2.23. The summed E-state index contributed by atoms with van der Waals surface area (Å²) in [5.74, 6) is 1.05. The molecule has 0 unspecified atom stereocenters. The highest BCUT2D eigenvalue weighted by molar-refractivity contribution is 6.30. The Morgan fingerprint density at radius 1 is 1.19 bits per heavy atom. The van der Waals surface area contributed by atoms with Crippen molar-refractivity contribution in [3.63, 3.8) is 0 Å². The van der Waals surface area contributed by atoms with Crippen LogP contribution >= 0.6 is 11.6 Å². The number of halogens is 1. The first-order valence-corrected chi connectivity index (χ1v) is 6.69. The Labute approximate surface area is 125 Å². The van der Waals surface area contributed by atoms with Crippen LogP contribution < -0.4 is 10.7 Å². The van der Waals surface area contributed by atoms with E-state index in [1.54, 1.807) is 12.1 Å². The molecule has 1 aliphatic rings. The van der Waals surface area contributed by atoms with E-state index in [0.29, 0.717) is 23.1 Å². The maximum absolute atomic E-state index is 11.4. The Bertz CT molecular complexity index is 681. The zero-order chi connectivity index (χ0) is 14.8. The van der Waals surface area contributed by atoms with Crippen LogP contribution in [0.4, 0.5) is 4.79 Å². The van der Waals surface area contributed by atoms with E-state index in [-0.39, 0.29) is 12.5 Å². The number of benzene rings is 1. The van der Waals surface area contributed by atoms with Gasteiger partial charge in [-0.1, -0.05) is 11.6 Å². The summed E-state index contributed by atoms with van der Waals surface area (Å²) in [6.07, 6.45) is 0. The van der Waals surface area contributed by atoms with Crippen molar-refractivity contribution in [2.24, 2.45) is 0 Å². The number of rotatable bonds is 4. The van der Waals surface area contributed by atoms with Gasteiger partial charge in [-0.25, -0.2) is 15.2 Å². The van der Waals surface area contributed by atoms with Gasteiger partial charge in [0.15, 0.2) is 0 Å². The molecular formula is C14H12ClN3O3. The zero-order valence-corrected chi connectivity index (χ0v) is 11.7. The number of nitrogens with zero attached hydrogens (tertiary/aromatic N) is 1. The lowest BCUT2D eigenvalue weighted by Crippen LogP contribution is -2.39. The van der Waals surface area contributed by atoms with E-state index in [1.165, 1.54) is 5.01 Å². The van der Waals surface area contributed by atoms with Crippen LogP contribution in [-0.2, 0) is 11.3 Å². The molecule has 0 saturated carbocycles. The zero-order valence-electron chi connectivity index (χ0n) is 10.9. The second kappa shape index (κ2) is 5.59. The molecule has 108 valence electrons. The molecule has 1 aliphatic heterocycles. The van der Waals surface area contributed by atoms with Crippen LogP contribution in [0.1, 0.15) is 5.76 Å². The standard InChI is InChI=1S/C14H12ClN3O3/c15-10-3-1-9(2-4-10)12-6-5-11(21-12)7-16-18-8-13(19)17-14(18)20/h1-6,16H,7-8H2,(H,17,19,20). The summed E-state index contributed by atoms with van der Waals surface area (Å²) in [7, 11) is 0. The third-order valence-electron chi connectivity index (χ3n) is 3.03. The van der Waals surface area contributed by atoms with E-state index >= 15 is 0 Å². The SMILES string of the molecule is O=C1CN(NCc2ccc(-c3ccc(Cl)cc3)o2)C(=O)N1. The maximum Gasteiger partial charge on any atom is 0.338 e. The number of nitrogens with one attached hydrogen (secondary N) is 2. The summed E-state index contributed by atoms with van der Waals surface area (Å²) in [6, 6.07) is 10.5. The second-order valence-corrected chi connectivity index (χ2v) is 4.98. The number of carbonyl (C=O) groups is 2. The van der Waals surface area contributed by atoms with Gasteiger partial charge in [0.25, 0.3) is 0 Å². The minimum Gasteiger partial charge on any atom is -0.460 e. The van der Waals surface area contributed by atoms with Crippen molar-refractivity contribution in [3.8, 4) is 11.3 Å². The Balaban J connectivity index is 1.64. The van der Waals surface area contributed by atoms with Crippen molar-refractivity contribution in [1.82, 2.24) is 15.8 Å². The van der Waals surface area contributed by atoms with E-state index < -0.39 is 6.03 Å². The monoisotopic (exact) mass is 305 g/mol. The minimum absolute atomic E-state index is 0.00355. The molecule has 3 rings (SSSR count). The van der Waals surface area contributed by atoms with Gasteiger partial charge in [0, 0.05) is 10.6 Å². The average molecular weight is 306 g/mol. The average Bonchev–Trinajstić information content (AvgIpc) is 3.04. The van der Waals surface area contributed by atoms with Gasteiger partial charge in [0.1, 0.15) is 18.1 Å². The molecule has 2 N–H and O–H groups in total. The first kappa shape index (κ1) is 13.7. The highest BCUT2D eigenvalue weighted by atomic mass is 35.5. The van der Waals surface area contributed by atoms with E-state index in [0.717, 1.165) is 5.56 Å². The topological polar surface area (TPSA) is 74.6 Å². The van der Waals surface area contributed by atoms with E-state index in [1.807, 2.05) is 24.3 Å². The number of hydrogen-bond donors (Lipinski definition) is 2. The molecule has 0 radical (unpaired) electrons. The molecule has 1 aromatic heterocycles. The third-order valence-corrected chi connectivity index (χ3v) is 3.28. The number of amides is 3. The number of carbonyl (C=O) groups excluding carboxylic acids is 2. The van der Waals surface area contributed by atoms with Crippen LogP contribution in [0.2, 0.25) is 5.02 Å². The van der Waals surface area contributed by atoms with Crippen molar-refractivity contribution in [2.75, 3.05) is 6.54 Å². The van der Waals surface area contributed by atoms with E-state index in [9.17, 15) is 9.59 Å². The normalized spacial score (nSPS) is 14.6. The summed E-state index contributed by atoms with van der Waals surface area (Å²) in [6.45, 7) is 0.317. The molecule has 21 heavy (non-hydrogen) atoms. The molecule has 0 atom stereocenters. The van der Waals surface area contributed by atoms with Crippen LogP contribution in [0.5, 0.6) is 0 Å². The molecule has 0 spiro atoms. The molecule has 6 nitrogen and oxygen atoms in total. The summed E-state index contributed by atoms with van der Waals surface area (Å²) < 4.78 is 5.68. The van der Waals surface area contributed by atoms with E-state index in [4.69, 9.17) is 16.0 Å². The minimum atomic E-state index is -0.454. The van der Waals surface area contributed by atoms with Crippen molar-refractivity contribution in [1.29, 1.82) is 0 Å². The van der Waals surface area contributed by atoms with Gasteiger partial charge < -0.3 is 4.42 Å². The summed E-state index contributed by atoms with van der Waals surface area (Å²) in [4.78, 5) is 22.4. The van der Waals surface area contributed by atoms with Gasteiger partial charge in [-0.05, 0) is 36.4 Å². The Kier molecular flexibility index (Phi) is 3.64. The fourth-order valence-corrected chi connectivity index (χ4v) is 2.11. The molecule has 1 aromatic carbocycles. The first-order valence-electron chi connectivity index (χ1n) is 6.31. The highest BCUT2D eigenvalue weighted by Gasteiger charge is 2.26. The summed E-state index contributed by atoms with van der Waals surface area (Å²) >= 11 is 5.84. The smallest absolute Gasteiger partial charge is 0.338 e. The molecule has 7 heteroatoms. The van der Waals surface area contributed by atoms with Gasteiger partial charge in [-0.2, -0.15) is 0 Å². The van der Waals surface area contributed by atoms with Crippen LogP contribution in [-0.4, -0.2) is 23.5 Å². The third kappa shape index (κ3) is 3.07. The summed E-state index contributed by atoms with van der Waals surface area (Å²) in [5.41, 5.74) is 3.75. The Hall–Kier alpha value is -2.31. The second-order valence-electron chi connectivity index (χ2n) is 4.55. The maximum atomic E-state index is 11.4. The number of imide groups is 1. The van der Waals surface area contributed by atoms with Crippen LogP contribution in [0.15, 0.2) is 40.8 Å². The molecule has 2 heterocycles. The van der Waals surface area contributed by atoms with Crippen molar-refractivity contribution >= 4 is 23.5 Å². The molecule has 0 bridgehead atoms. The van der Waals surface area contributed by atoms with Crippen molar-refractivity contribution in [2.45, 2.75) is 6.54 Å². The van der Waals surface area contributed by atoms with Crippen LogP contribution in [0.25, 0.3) is 11.3 Å². The van der Waals surface area contributed by atoms with Gasteiger partial charge in [-0.3, -0.25) is 10.1 Å². The van der Waals surface area contributed by atoms with Gasteiger partial charge in [-0.15, -0.1) is 0 Å². The van der Waals surface area contributed by atoms with Crippen LogP contribution in [0, 0.1) is 0 Å². The molecular weight excluding hydrogens is 294 g/mol. The predicted octanol–water partition coefficient (Wildman–Crippen LogP) is 2.16. The summed E-state index contributed by atoms with van der Waals surface area (Å²) in [5, 5.41) is 4.06. The molecule has 3 amide bonds. The lowest BCUT2D eigenvalue weighted by atomic mass is 10.2. The van der Waals surface area contributed by atoms with Crippen LogP contribution in [0.3, 0.4) is 0 Å². The lowest BCUT2D eigenvalue weighted by Gasteiger charge is -2.13. The number of urea groups is 1. The molecule has 0 aliphatic carbocycles. The first-order chi connectivity index (χ1) is 10.1. The quantitative estimate of drug-likeness (QED) is 0.849. The Morgan fingerprint density at radius 2 is 1.95 bits per heavy atom. The molecule has 1 fully saturated rings. The predicted molar refractivity (Wildman–Crippen MR) is 76.2 cm³/mol. The van der Waals surface area contributed by atoms with E-state index in [2.05, 4.69) is 10.7 Å². The largest absolute Gasteiger partial charge is 0.460 e. The van der Waals surface area contributed by atoms with Crippen molar-refractivity contribution in [3.05, 3.63) is 47.2 Å². The van der Waals surface area contributed by atoms with Gasteiger partial charge >= 0.3 is 6.03 Å².